The van der Waals surface area contributed by atoms with E-state index in [9.17, 15) is 4.39 Å². The molecule has 34 heavy (non-hydrogen) atoms. The molecule has 9 heteroatoms. The summed E-state index contributed by atoms with van der Waals surface area (Å²) in [5.41, 5.74) is 3.20. The second-order valence-electron chi connectivity index (χ2n) is 8.43. The van der Waals surface area contributed by atoms with E-state index in [2.05, 4.69) is 29.3 Å². The number of thiocarbonyl (C=S) groups is 1. The second kappa shape index (κ2) is 9.80. The SMILES string of the molecule is COc1ccc(C2NC(=S)N(CC(C)C)C(C)=C2c2nc(-c3ccc(OC)c(F)c3)no2)cc1. The Morgan fingerprint density at radius 2 is 1.88 bits per heavy atom. The number of methoxy groups -OCH3 is 2. The molecule has 0 radical (unpaired) electrons. The first-order valence-electron chi connectivity index (χ1n) is 10.9. The van der Waals surface area contributed by atoms with Crippen molar-refractivity contribution < 1.29 is 18.4 Å². The van der Waals surface area contributed by atoms with Crippen LogP contribution in [0.15, 0.2) is 52.7 Å². The van der Waals surface area contributed by atoms with Crippen molar-refractivity contribution in [1.82, 2.24) is 20.4 Å². The number of nitrogens with zero attached hydrogens (tertiary/aromatic N) is 3. The van der Waals surface area contributed by atoms with Crippen molar-refractivity contribution in [2.24, 2.45) is 5.92 Å². The minimum absolute atomic E-state index is 0.153. The molecule has 0 fully saturated rings. The average molecular weight is 483 g/mol. The summed E-state index contributed by atoms with van der Waals surface area (Å²) in [6.07, 6.45) is 0. The topological polar surface area (TPSA) is 72.7 Å². The van der Waals surface area contributed by atoms with Gasteiger partial charge in [0.2, 0.25) is 5.82 Å². The molecule has 2 heterocycles. The summed E-state index contributed by atoms with van der Waals surface area (Å²) >= 11 is 5.71. The van der Waals surface area contributed by atoms with Crippen molar-refractivity contribution in [3.05, 3.63) is 65.4 Å². The van der Waals surface area contributed by atoms with Gasteiger partial charge in [-0.2, -0.15) is 4.98 Å². The summed E-state index contributed by atoms with van der Waals surface area (Å²) in [6, 6.07) is 12.0. The van der Waals surface area contributed by atoms with Gasteiger partial charge in [0, 0.05) is 17.8 Å². The predicted molar refractivity (Wildman–Crippen MR) is 132 cm³/mol. The highest BCUT2D eigenvalue weighted by molar-refractivity contribution is 7.80. The Hall–Kier alpha value is -3.46. The maximum Gasteiger partial charge on any atom is 0.258 e. The summed E-state index contributed by atoms with van der Waals surface area (Å²) in [7, 11) is 3.05. The number of ether oxygens (including phenoxy) is 2. The van der Waals surface area contributed by atoms with Crippen molar-refractivity contribution in [2.75, 3.05) is 20.8 Å². The van der Waals surface area contributed by atoms with Crippen LogP contribution >= 0.6 is 12.2 Å². The molecule has 0 aliphatic carbocycles. The van der Waals surface area contributed by atoms with Gasteiger partial charge in [0.1, 0.15) is 5.75 Å². The fourth-order valence-corrected chi connectivity index (χ4v) is 4.27. The molecule has 178 valence electrons. The number of hydrogen-bond acceptors (Lipinski definition) is 6. The first kappa shape index (κ1) is 23.7. The third kappa shape index (κ3) is 4.61. The molecule has 0 bridgehead atoms. The number of halogens is 1. The lowest BCUT2D eigenvalue weighted by atomic mass is 9.94. The third-order valence-corrected chi connectivity index (χ3v) is 6.00. The van der Waals surface area contributed by atoms with E-state index in [4.69, 9.17) is 26.2 Å². The minimum atomic E-state index is -0.495. The Morgan fingerprint density at radius 3 is 2.50 bits per heavy atom. The lowest BCUT2D eigenvalue weighted by Gasteiger charge is -2.38. The molecule has 1 aromatic heterocycles. The zero-order valence-corrected chi connectivity index (χ0v) is 20.6. The molecule has 1 aliphatic rings. The Morgan fingerprint density at radius 1 is 1.15 bits per heavy atom. The largest absolute Gasteiger partial charge is 0.497 e. The van der Waals surface area contributed by atoms with Crippen molar-refractivity contribution >= 4 is 22.9 Å². The number of aromatic nitrogens is 2. The fraction of sp³-hybridized carbons (Fsp3) is 0.320. The summed E-state index contributed by atoms with van der Waals surface area (Å²) in [5, 5.41) is 8.19. The van der Waals surface area contributed by atoms with Crippen LogP contribution in [0, 0.1) is 11.7 Å². The molecule has 0 spiro atoms. The molecule has 0 saturated carbocycles. The van der Waals surface area contributed by atoms with Crippen LogP contribution in [0.1, 0.15) is 38.3 Å². The molecule has 0 saturated heterocycles. The zero-order valence-electron chi connectivity index (χ0n) is 19.8. The van der Waals surface area contributed by atoms with Gasteiger partial charge in [-0.1, -0.05) is 31.1 Å². The van der Waals surface area contributed by atoms with Crippen molar-refractivity contribution in [1.29, 1.82) is 0 Å². The Labute approximate surface area is 203 Å². The van der Waals surface area contributed by atoms with Gasteiger partial charge in [-0.15, -0.1) is 0 Å². The average Bonchev–Trinajstić information content (AvgIpc) is 3.31. The number of rotatable bonds is 7. The van der Waals surface area contributed by atoms with Crippen LogP contribution in [-0.2, 0) is 0 Å². The maximum absolute atomic E-state index is 14.3. The highest BCUT2D eigenvalue weighted by Gasteiger charge is 2.34. The monoisotopic (exact) mass is 482 g/mol. The van der Waals surface area contributed by atoms with Crippen LogP contribution in [0.4, 0.5) is 4.39 Å². The number of allylic oxidation sites excluding steroid dienone is 1. The van der Waals surface area contributed by atoms with Gasteiger partial charge in [0.05, 0.1) is 25.8 Å². The van der Waals surface area contributed by atoms with Gasteiger partial charge >= 0.3 is 0 Å². The molecule has 7 nitrogen and oxygen atoms in total. The second-order valence-corrected chi connectivity index (χ2v) is 8.82. The van der Waals surface area contributed by atoms with Gasteiger partial charge in [0.15, 0.2) is 16.7 Å². The van der Waals surface area contributed by atoms with Gasteiger partial charge < -0.3 is 24.2 Å². The van der Waals surface area contributed by atoms with E-state index >= 15 is 0 Å². The molecule has 2 aromatic carbocycles. The number of nitrogens with one attached hydrogen (secondary N) is 1. The van der Waals surface area contributed by atoms with Crippen LogP contribution in [0.2, 0.25) is 0 Å². The predicted octanol–water partition coefficient (Wildman–Crippen LogP) is 5.21. The summed E-state index contributed by atoms with van der Waals surface area (Å²) in [6.45, 7) is 7.00. The van der Waals surface area contributed by atoms with E-state index in [1.165, 1.54) is 19.2 Å². The smallest absolute Gasteiger partial charge is 0.258 e. The highest BCUT2D eigenvalue weighted by Crippen LogP contribution is 2.38. The van der Waals surface area contributed by atoms with Crippen molar-refractivity contribution in [3.8, 4) is 22.9 Å². The van der Waals surface area contributed by atoms with Crippen LogP contribution in [0.3, 0.4) is 0 Å². The molecule has 0 amide bonds. The Bertz CT molecular complexity index is 1220. The summed E-state index contributed by atoms with van der Waals surface area (Å²) < 4.78 is 30.3. The van der Waals surface area contributed by atoms with Gasteiger partial charge in [-0.25, -0.2) is 4.39 Å². The first-order valence-corrected chi connectivity index (χ1v) is 11.3. The van der Waals surface area contributed by atoms with E-state index in [1.807, 2.05) is 36.1 Å². The van der Waals surface area contributed by atoms with E-state index in [-0.39, 0.29) is 17.6 Å². The Balaban J connectivity index is 1.79. The molecule has 1 N–H and O–H groups in total. The van der Waals surface area contributed by atoms with E-state index in [0.29, 0.717) is 22.5 Å². The lowest BCUT2D eigenvalue weighted by Crippen LogP contribution is -2.47. The molecular weight excluding hydrogens is 455 g/mol. The van der Waals surface area contributed by atoms with Crippen molar-refractivity contribution in [3.63, 3.8) is 0 Å². The molecule has 1 atom stereocenters. The molecule has 3 aromatic rings. The maximum atomic E-state index is 14.3. The van der Waals surface area contributed by atoms with Crippen LogP contribution in [0.25, 0.3) is 17.0 Å². The van der Waals surface area contributed by atoms with E-state index in [0.717, 1.165) is 29.1 Å². The molecule has 1 aliphatic heterocycles. The first-order chi connectivity index (χ1) is 16.3. The van der Waals surface area contributed by atoms with Gasteiger partial charge in [0.25, 0.3) is 5.89 Å². The summed E-state index contributed by atoms with van der Waals surface area (Å²) in [5.74, 6) is 1.43. The van der Waals surface area contributed by atoms with Gasteiger partial charge in [-0.05, 0) is 61.0 Å². The van der Waals surface area contributed by atoms with Crippen molar-refractivity contribution in [2.45, 2.75) is 26.8 Å². The molecule has 1 unspecified atom stereocenters. The number of benzene rings is 2. The fourth-order valence-electron chi connectivity index (χ4n) is 3.95. The van der Waals surface area contributed by atoms with Crippen LogP contribution < -0.4 is 14.8 Å². The van der Waals surface area contributed by atoms with Crippen LogP contribution in [0.5, 0.6) is 11.5 Å². The summed E-state index contributed by atoms with van der Waals surface area (Å²) in [4.78, 5) is 6.67. The van der Waals surface area contributed by atoms with E-state index < -0.39 is 5.82 Å². The van der Waals surface area contributed by atoms with Crippen LogP contribution in [-0.4, -0.2) is 40.9 Å². The quantitative estimate of drug-likeness (QED) is 0.460. The molecule has 4 rings (SSSR count). The van der Waals surface area contributed by atoms with E-state index in [1.54, 1.807) is 13.2 Å². The highest BCUT2D eigenvalue weighted by atomic mass is 32.1. The Kier molecular flexibility index (Phi) is 6.83. The van der Waals surface area contributed by atoms with Gasteiger partial charge in [-0.3, -0.25) is 0 Å². The zero-order chi connectivity index (χ0) is 24.4. The molecular formula is C25H27FN4O3S. The lowest BCUT2D eigenvalue weighted by molar-refractivity contribution is 0.384. The number of hydrogen-bond donors (Lipinski definition) is 1. The normalized spacial score (nSPS) is 16.1. The standard InChI is InChI=1S/C25H27FN4O3S/c1-14(2)13-30-15(3)21(22(27-25(30)34)16-6-9-18(31-4)10-7-16)24-28-23(29-33-24)17-8-11-20(32-5)19(26)12-17/h6-12,14,22H,13H2,1-5H3,(H,27,34). The third-order valence-electron chi connectivity index (χ3n) is 5.66. The minimum Gasteiger partial charge on any atom is -0.497 e.